The highest BCUT2D eigenvalue weighted by atomic mass is 16.1. The Morgan fingerprint density at radius 2 is 2.12 bits per heavy atom. The van der Waals surface area contributed by atoms with Crippen molar-refractivity contribution in [3.63, 3.8) is 0 Å². The predicted octanol–water partition coefficient (Wildman–Crippen LogP) is 2.97. The Morgan fingerprint density at radius 3 is 2.81 bits per heavy atom. The van der Waals surface area contributed by atoms with Crippen LogP contribution in [0.25, 0.3) is 10.9 Å². The molecule has 1 aromatic heterocycles. The van der Waals surface area contributed by atoms with E-state index in [9.17, 15) is 4.79 Å². The first-order valence-electron chi connectivity index (χ1n) is 5.94. The number of hydrogen-bond acceptors (Lipinski definition) is 1. The fraction of sp³-hybridized carbons (Fsp3) is 0.357. The average Bonchev–Trinajstić information content (AvgIpc) is 3.12. The number of benzene rings is 1. The molecule has 1 N–H and O–H groups in total. The summed E-state index contributed by atoms with van der Waals surface area (Å²) in [5.74, 6) is 0.600. The zero-order valence-electron chi connectivity index (χ0n) is 9.42. The van der Waals surface area contributed by atoms with Gasteiger partial charge < -0.3 is 4.98 Å². The summed E-state index contributed by atoms with van der Waals surface area (Å²) >= 11 is 0. The van der Waals surface area contributed by atoms with Crippen LogP contribution >= 0.6 is 0 Å². The number of pyridine rings is 1. The Hall–Kier alpha value is -1.57. The van der Waals surface area contributed by atoms with E-state index in [1.165, 1.54) is 18.4 Å². The van der Waals surface area contributed by atoms with Gasteiger partial charge in [0.1, 0.15) is 0 Å². The lowest BCUT2D eigenvalue weighted by molar-refractivity contribution is 1.04. The third kappa shape index (κ3) is 1.54. The van der Waals surface area contributed by atoms with Crippen LogP contribution in [0.2, 0.25) is 0 Å². The van der Waals surface area contributed by atoms with Gasteiger partial charge in [0.05, 0.1) is 0 Å². The van der Waals surface area contributed by atoms with Crippen LogP contribution in [0.15, 0.2) is 29.1 Å². The molecule has 1 fully saturated rings. The number of rotatable bonds is 2. The van der Waals surface area contributed by atoms with Crippen LogP contribution in [-0.4, -0.2) is 4.98 Å². The Morgan fingerprint density at radius 1 is 1.31 bits per heavy atom. The van der Waals surface area contributed by atoms with Crippen molar-refractivity contribution in [3.8, 4) is 0 Å². The summed E-state index contributed by atoms with van der Waals surface area (Å²) in [4.78, 5) is 15.4. The van der Waals surface area contributed by atoms with Crippen LogP contribution in [-0.2, 0) is 6.42 Å². The third-order valence-electron chi connectivity index (χ3n) is 3.34. The monoisotopic (exact) mass is 213 g/mol. The van der Waals surface area contributed by atoms with Gasteiger partial charge in [0.25, 0.3) is 0 Å². The topological polar surface area (TPSA) is 32.9 Å². The van der Waals surface area contributed by atoms with Gasteiger partial charge in [-0.15, -0.1) is 0 Å². The van der Waals surface area contributed by atoms with Crippen molar-refractivity contribution < 1.29 is 0 Å². The van der Waals surface area contributed by atoms with Crippen LogP contribution in [0.1, 0.15) is 36.9 Å². The maximum absolute atomic E-state index is 12.0. The van der Waals surface area contributed by atoms with Crippen molar-refractivity contribution in [1.29, 1.82) is 0 Å². The fourth-order valence-electron chi connectivity index (χ4n) is 2.15. The lowest BCUT2D eigenvalue weighted by Crippen LogP contribution is -2.04. The van der Waals surface area contributed by atoms with E-state index in [1.54, 1.807) is 6.07 Å². The van der Waals surface area contributed by atoms with Gasteiger partial charge in [-0.25, -0.2) is 0 Å². The molecule has 1 heterocycles. The van der Waals surface area contributed by atoms with Crippen LogP contribution in [0.5, 0.6) is 0 Å². The molecule has 0 aliphatic heterocycles. The summed E-state index contributed by atoms with van der Waals surface area (Å²) in [5.41, 5.74) is 3.47. The van der Waals surface area contributed by atoms with E-state index >= 15 is 0 Å². The molecule has 82 valence electrons. The zero-order chi connectivity index (χ0) is 11.1. The summed E-state index contributed by atoms with van der Waals surface area (Å²) in [6.07, 6.45) is 3.41. The second-order valence-electron chi connectivity index (χ2n) is 4.60. The number of H-pyrrole nitrogens is 1. The van der Waals surface area contributed by atoms with Crippen LogP contribution in [0.3, 0.4) is 0 Å². The SMILES string of the molecule is CCc1ccc2[nH]c(C3CC3)cc(=O)c2c1. The van der Waals surface area contributed by atoms with Crippen LogP contribution < -0.4 is 5.43 Å². The molecule has 0 atom stereocenters. The number of nitrogens with one attached hydrogen (secondary N) is 1. The molecule has 1 saturated carbocycles. The van der Waals surface area contributed by atoms with E-state index in [-0.39, 0.29) is 5.43 Å². The predicted molar refractivity (Wildman–Crippen MR) is 65.9 cm³/mol. The number of fused-ring (bicyclic) bond motifs is 1. The van der Waals surface area contributed by atoms with Crippen molar-refractivity contribution in [2.24, 2.45) is 0 Å². The molecule has 2 aromatic rings. The van der Waals surface area contributed by atoms with E-state index in [0.717, 1.165) is 23.0 Å². The van der Waals surface area contributed by atoms with Gasteiger partial charge in [-0.2, -0.15) is 0 Å². The third-order valence-corrected chi connectivity index (χ3v) is 3.34. The molecular formula is C14H15NO. The van der Waals surface area contributed by atoms with Gasteiger partial charge >= 0.3 is 0 Å². The molecule has 0 bridgehead atoms. The second kappa shape index (κ2) is 3.48. The minimum absolute atomic E-state index is 0.158. The van der Waals surface area contributed by atoms with Crippen molar-refractivity contribution >= 4 is 10.9 Å². The second-order valence-corrected chi connectivity index (χ2v) is 4.60. The van der Waals surface area contributed by atoms with Gasteiger partial charge in [0, 0.05) is 22.7 Å². The summed E-state index contributed by atoms with van der Waals surface area (Å²) in [7, 11) is 0. The fourth-order valence-corrected chi connectivity index (χ4v) is 2.15. The smallest absolute Gasteiger partial charge is 0.189 e. The lowest BCUT2D eigenvalue weighted by Gasteiger charge is -2.04. The highest BCUT2D eigenvalue weighted by molar-refractivity contribution is 5.79. The Kier molecular flexibility index (Phi) is 2.10. The molecular weight excluding hydrogens is 198 g/mol. The molecule has 1 aliphatic rings. The number of aromatic nitrogens is 1. The van der Waals surface area contributed by atoms with Crippen molar-refractivity contribution in [3.05, 3.63) is 45.7 Å². The zero-order valence-corrected chi connectivity index (χ0v) is 9.42. The summed E-state index contributed by atoms with van der Waals surface area (Å²) in [6, 6.07) is 7.90. The highest BCUT2D eigenvalue weighted by Gasteiger charge is 2.24. The minimum atomic E-state index is 0.158. The molecule has 2 nitrogen and oxygen atoms in total. The van der Waals surface area contributed by atoms with E-state index in [1.807, 2.05) is 12.1 Å². The molecule has 1 aromatic carbocycles. The van der Waals surface area contributed by atoms with Crippen LogP contribution in [0.4, 0.5) is 0 Å². The normalized spacial score (nSPS) is 15.6. The molecule has 0 saturated heterocycles. The van der Waals surface area contributed by atoms with Gasteiger partial charge in [-0.1, -0.05) is 13.0 Å². The molecule has 0 unspecified atom stereocenters. The maximum atomic E-state index is 12.0. The summed E-state index contributed by atoms with van der Waals surface area (Å²) in [6.45, 7) is 2.11. The minimum Gasteiger partial charge on any atom is -0.358 e. The van der Waals surface area contributed by atoms with Gasteiger partial charge in [0.2, 0.25) is 0 Å². The molecule has 2 heteroatoms. The van der Waals surface area contributed by atoms with Crippen LogP contribution in [0, 0.1) is 0 Å². The quantitative estimate of drug-likeness (QED) is 0.817. The largest absolute Gasteiger partial charge is 0.358 e. The standard InChI is InChI=1S/C14H15NO/c1-2-9-3-6-12-11(7-9)14(16)8-13(15-12)10-4-5-10/h3,6-8,10H,2,4-5H2,1H3,(H,15,16). The number of aryl methyl sites for hydroxylation is 1. The molecule has 0 amide bonds. The molecule has 1 aliphatic carbocycles. The van der Waals surface area contributed by atoms with E-state index < -0.39 is 0 Å². The van der Waals surface area contributed by atoms with E-state index in [2.05, 4.69) is 18.0 Å². The molecule has 16 heavy (non-hydrogen) atoms. The molecule has 0 radical (unpaired) electrons. The maximum Gasteiger partial charge on any atom is 0.189 e. The Bertz CT molecular complexity index is 593. The number of aromatic amines is 1. The first-order valence-corrected chi connectivity index (χ1v) is 5.94. The van der Waals surface area contributed by atoms with Crippen molar-refractivity contribution in [1.82, 2.24) is 4.98 Å². The summed E-state index contributed by atoms with van der Waals surface area (Å²) < 4.78 is 0. The first-order chi connectivity index (χ1) is 7.78. The van der Waals surface area contributed by atoms with E-state index in [0.29, 0.717) is 5.92 Å². The molecule has 0 spiro atoms. The lowest BCUT2D eigenvalue weighted by atomic mass is 10.1. The van der Waals surface area contributed by atoms with Gasteiger partial charge in [-0.05, 0) is 42.9 Å². The summed E-state index contributed by atoms with van der Waals surface area (Å²) in [5, 5.41) is 0.823. The highest BCUT2D eigenvalue weighted by Crippen LogP contribution is 2.38. The Labute approximate surface area is 94.3 Å². The van der Waals surface area contributed by atoms with Gasteiger partial charge in [0.15, 0.2) is 5.43 Å². The number of hydrogen-bond donors (Lipinski definition) is 1. The van der Waals surface area contributed by atoms with E-state index in [4.69, 9.17) is 0 Å². The average molecular weight is 213 g/mol. The van der Waals surface area contributed by atoms with Crippen molar-refractivity contribution in [2.75, 3.05) is 0 Å². The van der Waals surface area contributed by atoms with Gasteiger partial charge in [-0.3, -0.25) is 4.79 Å². The Balaban J connectivity index is 2.24. The van der Waals surface area contributed by atoms with Crippen molar-refractivity contribution in [2.45, 2.75) is 32.1 Å². The first kappa shape index (κ1) is 9.64. The molecule has 3 rings (SSSR count).